The molecule has 0 radical (unpaired) electrons. The lowest BCUT2D eigenvalue weighted by Gasteiger charge is -2.28. The second kappa shape index (κ2) is 7.39. The Balaban J connectivity index is 1.89. The van der Waals surface area contributed by atoms with Crippen LogP contribution in [0.25, 0.3) is 11.4 Å². The highest BCUT2D eigenvalue weighted by atomic mass is 35.5. The van der Waals surface area contributed by atoms with E-state index in [1.54, 1.807) is 0 Å². The van der Waals surface area contributed by atoms with Gasteiger partial charge in [0.05, 0.1) is 5.69 Å². The zero-order valence-electron chi connectivity index (χ0n) is 13.7. The lowest BCUT2D eigenvalue weighted by Crippen LogP contribution is -2.43. The Morgan fingerprint density at radius 1 is 1.26 bits per heavy atom. The number of halogens is 1. The van der Waals surface area contributed by atoms with Crippen LogP contribution >= 0.6 is 11.6 Å². The van der Waals surface area contributed by atoms with Gasteiger partial charge in [-0.1, -0.05) is 37.6 Å². The molecule has 23 heavy (non-hydrogen) atoms. The number of hydrogen-bond acceptors (Lipinski definition) is 4. The summed E-state index contributed by atoms with van der Waals surface area (Å²) >= 11 is 6.09. The van der Waals surface area contributed by atoms with Crippen molar-refractivity contribution >= 4 is 11.6 Å². The SMILES string of the molecule is CC(C)c1nc(-c2cccc(Cl)c2)ncc1CN1CCNCC1. The minimum atomic E-state index is 0.369. The van der Waals surface area contributed by atoms with E-state index in [4.69, 9.17) is 16.6 Å². The van der Waals surface area contributed by atoms with Gasteiger partial charge in [0.2, 0.25) is 0 Å². The highest BCUT2D eigenvalue weighted by molar-refractivity contribution is 6.30. The standard InChI is InChI=1S/C18H23ClN4/c1-13(2)17-15(12-23-8-6-20-7-9-23)11-21-18(22-17)14-4-3-5-16(19)10-14/h3-5,10-11,13,20H,6-9,12H2,1-2H3. The van der Waals surface area contributed by atoms with Crippen LogP contribution in [0.1, 0.15) is 31.0 Å². The van der Waals surface area contributed by atoms with Gasteiger partial charge in [0.15, 0.2) is 5.82 Å². The van der Waals surface area contributed by atoms with E-state index < -0.39 is 0 Å². The Labute approximate surface area is 142 Å². The minimum Gasteiger partial charge on any atom is -0.314 e. The summed E-state index contributed by atoms with van der Waals surface area (Å²) in [4.78, 5) is 11.9. The maximum Gasteiger partial charge on any atom is 0.159 e. The lowest BCUT2D eigenvalue weighted by atomic mass is 10.0. The molecular weight excluding hydrogens is 308 g/mol. The number of benzene rings is 1. The van der Waals surface area contributed by atoms with Gasteiger partial charge in [-0.3, -0.25) is 4.90 Å². The predicted octanol–water partition coefficient (Wildman–Crippen LogP) is 3.33. The maximum absolute atomic E-state index is 6.09. The van der Waals surface area contributed by atoms with Crippen molar-refractivity contribution in [3.8, 4) is 11.4 Å². The number of aromatic nitrogens is 2. The van der Waals surface area contributed by atoms with Crippen molar-refractivity contribution in [2.24, 2.45) is 0 Å². The Hall–Kier alpha value is -1.49. The van der Waals surface area contributed by atoms with Crippen molar-refractivity contribution in [2.45, 2.75) is 26.3 Å². The van der Waals surface area contributed by atoms with Gasteiger partial charge in [-0.25, -0.2) is 9.97 Å². The van der Waals surface area contributed by atoms with E-state index in [0.717, 1.165) is 49.8 Å². The minimum absolute atomic E-state index is 0.369. The van der Waals surface area contributed by atoms with Crippen LogP contribution in [0.2, 0.25) is 5.02 Å². The van der Waals surface area contributed by atoms with Crippen LogP contribution in [0, 0.1) is 0 Å². The van der Waals surface area contributed by atoms with Crippen LogP contribution in [-0.4, -0.2) is 41.0 Å². The fourth-order valence-electron chi connectivity index (χ4n) is 2.92. The molecule has 2 heterocycles. The smallest absolute Gasteiger partial charge is 0.159 e. The van der Waals surface area contributed by atoms with E-state index in [9.17, 15) is 0 Å². The molecule has 0 unspecified atom stereocenters. The molecule has 1 aliphatic rings. The van der Waals surface area contributed by atoms with Gasteiger partial charge in [0.1, 0.15) is 0 Å². The number of hydrogen-bond donors (Lipinski definition) is 1. The Bertz CT molecular complexity index is 666. The number of nitrogens with zero attached hydrogens (tertiary/aromatic N) is 3. The molecule has 0 aliphatic carbocycles. The van der Waals surface area contributed by atoms with E-state index >= 15 is 0 Å². The average molecular weight is 331 g/mol. The van der Waals surface area contributed by atoms with E-state index in [0.29, 0.717) is 10.9 Å². The third-order valence-corrected chi connectivity index (χ3v) is 4.37. The largest absolute Gasteiger partial charge is 0.314 e. The first-order chi connectivity index (χ1) is 11.1. The second-order valence-electron chi connectivity index (χ2n) is 6.30. The van der Waals surface area contributed by atoms with Crippen molar-refractivity contribution in [3.63, 3.8) is 0 Å². The molecule has 0 saturated carbocycles. The van der Waals surface area contributed by atoms with E-state index in [2.05, 4.69) is 29.0 Å². The highest BCUT2D eigenvalue weighted by Gasteiger charge is 2.16. The van der Waals surface area contributed by atoms with E-state index in [1.807, 2.05) is 30.5 Å². The van der Waals surface area contributed by atoms with Crippen LogP contribution in [0.3, 0.4) is 0 Å². The molecule has 0 atom stereocenters. The third-order valence-electron chi connectivity index (χ3n) is 4.13. The Kier molecular flexibility index (Phi) is 5.26. The fourth-order valence-corrected chi connectivity index (χ4v) is 3.11. The molecule has 3 rings (SSSR count). The molecule has 0 spiro atoms. The van der Waals surface area contributed by atoms with Gasteiger partial charge >= 0.3 is 0 Å². The first kappa shape index (κ1) is 16.4. The molecule has 1 aromatic heterocycles. The molecule has 1 N–H and O–H groups in total. The van der Waals surface area contributed by atoms with Gasteiger partial charge in [0, 0.05) is 55.1 Å². The van der Waals surface area contributed by atoms with Crippen LogP contribution < -0.4 is 5.32 Å². The van der Waals surface area contributed by atoms with Gasteiger partial charge in [-0.15, -0.1) is 0 Å². The zero-order valence-corrected chi connectivity index (χ0v) is 14.5. The normalized spacial score (nSPS) is 16.0. The molecule has 1 aliphatic heterocycles. The highest BCUT2D eigenvalue weighted by Crippen LogP contribution is 2.24. The Morgan fingerprint density at radius 3 is 2.74 bits per heavy atom. The molecule has 2 aromatic rings. The van der Waals surface area contributed by atoms with Gasteiger partial charge < -0.3 is 5.32 Å². The fraction of sp³-hybridized carbons (Fsp3) is 0.444. The summed E-state index contributed by atoms with van der Waals surface area (Å²) in [5.41, 5.74) is 3.33. The molecule has 122 valence electrons. The molecule has 5 heteroatoms. The van der Waals surface area contributed by atoms with Crippen LogP contribution in [-0.2, 0) is 6.54 Å². The van der Waals surface area contributed by atoms with Crippen LogP contribution in [0.4, 0.5) is 0 Å². The zero-order chi connectivity index (χ0) is 16.2. The lowest BCUT2D eigenvalue weighted by molar-refractivity contribution is 0.232. The molecule has 1 aromatic carbocycles. The summed E-state index contributed by atoms with van der Waals surface area (Å²) in [6, 6.07) is 7.72. The summed E-state index contributed by atoms with van der Waals surface area (Å²) in [6.45, 7) is 9.56. The molecule has 1 fully saturated rings. The van der Waals surface area contributed by atoms with Crippen LogP contribution in [0.5, 0.6) is 0 Å². The van der Waals surface area contributed by atoms with Crippen LogP contribution in [0.15, 0.2) is 30.5 Å². The van der Waals surface area contributed by atoms with Gasteiger partial charge in [0.25, 0.3) is 0 Å². The molecule has 0 amide bonds. The van der Waals surface area contributed by atoms with Gasteiger partial charge in [-0.2, -0.15) is 0 Å². The van der Waals surface area contributed by atoms with E-state index in [1.165, 1.54) is 5.56 Å². The van der Waals surface area contributed by atoms with Crippen molar-refractivity contribution in [2.75, 3.05) is 26.2 Å². The second-order valence-corrected chi connectivity index (χ2v) is 6.73. The number of rotatable bonds is 4. The maximum atomic E-state index is 6.09. The summed E-state index contributed by atoms with van der Waals surface area (Å²) in [5, 5.41) is 4.10. The Morgan fingerprint density at radius 2 is 2.04 bits per heavy atom. The summed E-state index contributed by atoms with van der Waals surface area (Å²) in [5.74, 6) is 1.12. The number of nitrogens with one attached hydrogen (secondary N) is 1. The monoisotopic (exact) mass is 330 g/mol. The van der Waals surface area contributed by atoms with Crippen molar-refractivity contribution in [1.29, 1.82) is 0 Å². The summed E-state index contributed by atoms with van der Waals surface area (Å²) < 4.78 is 0. The predicted molar refractivity (Wildman–Crippen MR) is 94.7 cm³/mol. The molecule has 0 bridgehead atoms. The van der Waals surface area contributed by atoms with Crippen molar-refractivity contribution < 1.29 is 0 Å². The average Bonchev–Trinajstić information content (AvgIpc) is 2.56. The van der Waals surface area contributed by atoms with E-state index in [-0.39, 0.29) is 0 Å². The first-order valence-corrected chi connectivity index (χ1v) is 8.56. The summed E-state index contributed by atoms with van der Waals surface area (Å²) in [7, 11) is 0. The molecular formula is C18H23ClN4. The molecule has 1 saturated heterocycles. The summed E-state index contributed by atoms with van der Waals surface area (Å²) in [6.07, 6.45) is 1.99. The van der Waals surface area contributed by atoms with Gasteiger partial charge in [-0.05, 0) is 18.1 Å². The third kappa shape index (κ3) is 4.08. The van der Waals surface area contributed by atoms with Crippen molar-refractivity contribution in [3.05, 3.63) is 46.7 Å². The number of piperazine rings is 1. The quantitative estimate of drug-likeness (QED) is 0.933. The first-order valence-electron chi connectivity index (χ1n) is 8.18. The molecule has 4 nitrogen and oxygen atoms in total. The van der Waals surface area contributed by atoms with Crippen molar-refractivity contribution in [1.82, 2.24) is 20.2 Å². The topological polar surface area (TPSA) is 41.1 Å².